The van der Waals surface area contributed by atoms with E-state index in [9.17, 15) is 24.2 Å². The second-order valence-corrected chi connectivity index (χ2v) is 5.74. The molecule has 0 aliphatic heterocycles. The van der Waals surface area contributed by atoms with E-state index < -0.39 is 35.8 Å². The largest absolute Gasteiger partial charge is 0.504 e. The number of amides is 1. The number of phenols is 2. The van der Waals surface area contributed by atoms with Crippen molar-refractivity contribution in [3.8, 4) is 11.5 Å². The topological polar surface area (TPSA) is 87.1 Å². The molecule has 2 N–H and O–H groups in total. The lowest BCUT2D eigenvalue weighted by Crippen LogP contribution is -2.34. The van der Waals surface area contributed by atoms with Crippen LogP contribution in [0.3, 0.4) is 0 Å². The van der Waals surface area contributed by atoms with Crippen molar-refractivity contribution in [2.45, 2.75) is 20.4 Å². The fourth-order valence-electron chi connectivity index (χ4n) is 2.37. The molecule has 2 rings (SSSR count). The highest BCUT2D eigenvalue weighted by molar-refractivity contribution is 5.95. The molecule has 7 heteroatoms. The first kappa shape index (κ1) is 19.2. The Hall–Kier alpha value is -3.09. The van der Waals surface area contributed by atoms with Gasteiger partial charge >= 0.3 is 5.97 Å². The first-order valence-corrected chi connectivity index (χ1v) is 8.04. The van der Waals surface area contributed by atoms with Crippen molar-refractivity contribution >= 4 is 11.9 Å². The zero-order valence-electron chi connectivity index (χ0n) is 14.5. The first-order valence-electron chi connectivity index (χ1n) is 8.04. The minimum Gasteiger partial charge on any atom is -0.504 e. The Morgan fingerprint density at radius 1 is 1.15 bits per heavy atom. The Balaban J connectivity index is 2.00. The van der Waals surface area contributed by atoms with Gasteiger partial charge in [-0.2, -0.15) is 0 Å². The van der Waals surface area contributed by atoms with E-state index in [1.54, 1.807) is 26.0 Å². The Morgan fingerprint density at radius 3 is 2.54 bits per heavy atom. The highest BCUT2D eigenvalue weighted by Gasteiger charge is 2.20. The second-order valence-electron chi connectivity index (χ2n) is 5.74. The summed E-state index contributed by atoms with van der Waals surface area (Å²) in [7, 11) is 0. The zero-order valence-corrected chi connectivity index (χ0v) is 14.5. The van der Waals surface area contributed by atoms with Gasteiger partial charge in [0.2, 0.25) is 0 Å². The van der Waals surface area contributed by atoms with Crippen LogP contribution in [-0.4, -0.2) is 40.1 Å². The van der Waals surface area contributed by atoms with E-state index in [4.69, 9.17) is 4.74 Å². The van der Waals surface area contributed by atoms with Gasteiger partial charge in [-0.05, 0) is 43.2 Å². The number of hydrogen-bond donors (Lipinski definition) is 2. The van der Waals surface area contributed by atoms with Crippen molar-refractivity contribution < 1.29 is 28.9 Å². The molecule has 0 unspecified atom stereocenters. The summed E-state index contributed by atoms with van der Waals surface area (Å²) in [5, 5.41) is 19.5. The van der Waals surface area contributed by atoms with Gasteiger partial charge in [0, 0.05) is 13.1 Å². The van der Waals surface area contributed by atoms with E-state index in [1.165, 1.54) is 29.2 Å². The standard InChI is InChI=1S/C19H20FNO5/c1-3-21(10-13-5-4-6-14(20)9-13)16(22)11-26-19(25)15-8-7-12(2)17(23)18(15)24/h4-9,23-24H,3,10-11H2,1-2H3. The molecule has 0 fully saturated rings. The highest BCUT2D eigenvalue weighted by atomic mass is 19.1. The molecule has 1 amide bonds. The fraction of sp³-hybridized carbons (Fsp3) is 0.263. The van der Waals surface area contributed by atoms with Crippen LogP contribution in [0.5, 0.6) is 11.5 Å². The summed E-state index contributed by atoms with van der Waals surface area (Å²) in [4.78, 5) is 25.7. The van der Waals surface area contributed by atoms with Crippen molar-refractivity contribution in [3.05, 3.63) is 58.9 Å². The quantitative estimate of drug-likeness (QED) is 0.610. The molecule has 0 aromatic heterocycles. The molecule has 0 spiro atoms. The number of phenolic OH excluding ortho intramolecular Hbond substituents is 2. The molecule has 0 atom stereocenters. The van der Waals surface area contributed by atoms with Gasteiger partial charge in [0.1, 0.15) is 11.4 Å². The van der Waals surface area contributed by atoms with Crippen LogP contribution in [0.25, 0.3) is 0 Å². The average molecular weight is 361 g/mol. The molecule has 0 saturated carbocycles. The third kappa shape index (κ3) is 4.50. The summed E-state index contributed by atoms with van der Waals surface area (Å²) in [6, 6.07) is 8.65. The number of likely N-dealkylation sites (N-methyl/N-ethyl adjacent to an activating group) is 1. The van der Waals surface area contributed by atoms with E-state index in [1.807, 2.05) is 0 Å². The summed E-state index contributed by atoms with van der Waals surface area (Å²) in [6.07, 6.45) is 0. The molecular formula is C19H20FNO5. The third-order valence-electron chi connectivity index (χ3n) is 3.90. The first-order chi connectivity index (χ1) is 12.3. The van der Waals surface area contributed by atoms with Crippen molar-refractivity contribution in [2.24, 2.45) is 0 Å². The lowest BCUT2D eigenvalue weighted by Gasteiger charge is -2.21. The monoisotopic (exact) mass is 361 g/mol. The lowest BCUT2D eigenvalue weighted by atomic mass is 10.1. The van der Waals surface area contributed by atoms with Crippen LogP contribution in [-0.2, 0) is 16.1 Å². The Bertz CT molecular complexity index is 822. The summed E-state index contributed by atoms with van der Waals surface area (Å²) in [5.41, 5.74) is 0.795. The van der Waals surface area contributed by atoms with Gasteiger partial charge in [0.15, 0.2) is 18.1 Å². The summed E-state index contributed by atoms with van der Waals surface area (Å²) >= 11 is 0. The van der Waals surface area contributed by atoms with Crippen LogP contribution in [0.4, 0.5) is 4.39 Å². The van der Waals surface area contributed by atoms with Crippen LogP contribution in [0, 0.1) is 12.7 Å². The highest BCUT2D eigenvalue weighted by Crippen LogP contribution is 2.32. The minimum atomic E-state index is -0.923. The Morgan fingerprint density at radius 2 is 1.88 bits per heavy atom. The normalized spacial score (nSPS) is 10.4. The van der Waals surface area contributed by atoms with E-state index in [0.717, 1.165) is 0 Å². The number of ether oxygens (including phenoxy) is 1. The summed E-state index contributed by atoms with van der Waals surface area (Å²) in [5.74, 6) is -2.78. The maximum Gasteiger partial charge on any atom is 0.342 e. The Labute approximate surface area is 150 Å². The van der Waals surface area contributed by atoms with E-state index in [0.29, 0.717) is 17.7 Å². The molecule has 26 heavy (non-hydrogen) atoms. The summed E-state index contributed by atoms with van der Waals surface area (Å²) in [6.45, 7) is 3.32. The molecule has 6 nitrogen and oxygen atoms in total. The van der Waals surface area contributed by atoms with Crippen molar-refractivity contribution in [2.75, 3.05) is 13.2 Å². The molecule has 0 aliphatic carbocycles. The van der Waals surface area contributed by atoms with Gasteiger partial charge in [-0.1, -0.05) is 18.2 Å². The smallest absolute Gasteiger partial charge is 0.342 e. The van der Waals surface area contributed by atoms with Crippen LogP contribution in [0.1, 0.15) is 28.4 Å². The van der Waals surface area contributed by atoms with Gasteiger partial charge in [-0.25, -0.2) is 9.18 Å². The van der Waals surface area contributed by atoms with Crippen LogP contribution >= 0.6 is 0 Å². The van der Waals surface area contributed by atoms with Gasteiger partial charge in [0.05, 0.1) is 0 Å². The molecule has 2 aromatic carbocycles. The number of carbonyl (C=O) groups excluding carboxylic acids is 2. The van der Waals surface area contributed by atoms with Gasteiger partial charge in [0.25, 0.3) is 5.91 Å². The zero-order chi connectivity index (χ0) is 19.3. The number of carbonyl (C=O) groups is 2. The molecule has 138 valence electrons. The minimum absolute atomic E-state index is 0.182. The molecule has 0 saturated heterocycles. The molecule has 0 radical (unpaired) electrons. The van der Waals surface area contributed by atoms with E-state index in [2.05, 4.69) is 0 Å². The number of hydrogen-bond acceptors (Lipinski definition) is 5. The van der Waals surface area contributed by atoms with Crippen LogP contribution in [0.15, 0.2) is 36.4 Å². The fourth-order valence-corrected chi connectivity index (χ4v) is 2.37. The van der Waals surface area contributed by atoms with E-state index >= 15 is 0 Å². The second kappa shape index (κ2) is 8.33. The maximum atomic E-state index is 13.2. The van der Waals surface area contributed by atoms with Crippen LogP contribution in [0.2, 0.25) is 0 Å². The molecule has 0 aliphatic rings. The predicted molar refractivity (Wildman–Crippen MR) is 92.3 cm³/mol. The number of halogens is 1. The molecule has 0 heterocycles. The molecular weight excluding hydrogens is 341 g/mol. The summed E-state index contributed by atoms with van der Waals surface area (Å²) < 4.78 is 18.2. The van der Waals surface area contributed by atoms with E-state index in [-0.39, 0.29) is 12.1 Å². The lowest BCUT2D eigenvalue weighted by molar-refractivity contribution is -0.135. The average Bonchev–Trinajstić information content (AvgIpc) is 2.62. The number of aromatic hydroxyl groups is 2. The number of esters is 1. The number of rotatable bonds is 6. The number of aryl methyl sites for hydroxylation is 1. The number of nitrogens with zero attached hydrogens (tertiary/aromatic N) is 1. The van der Waals surface area contributed by atoms with Crippen LogP contribution < -0.4 is 0 Å². The Kier molecular flexibility index (Phi) is 6.16. The number of benzene rings is 2. The van der Waals surface area contributed by atoms with Crippen molar-refractivity contribution in [3.63, 3.8) is 0 Å². The molecule has 0 bridgehead atoms. The van der Waals surface area contributed by atoms with Crippen molar-refractivity contribution in [1.29, 1.82) is 0 Å². The van der Waals surface area contributed by atoms with Gasteiger partial charge in [-0.3, -0.25) is 4.79 Å². The molecule has 2 aromatic rings. The van der Waals surface area contributed by atoms with Gasteiger partial charge in [-0.15, -0.1) is 0 Å². The predicted octanol–water partition coefficient (Wildman–Crippen LogP) is 2.75. The van der Waals surface area contributed by atoms with Gasteiger partial charge < -0.3 is 19.8 Å². The van der Waals surface area contributed by atoms with Crippen molar-refractivity contribution in [1.82, 2.24) is 4.90 Å². The maximum absolute atomic E-state index is 13.2. The SMILES string of the molecule is CCN(Cc1cccc(F)c1)C(=O)COC(=O)c1ccc(C)c(O)c1O. The third-order valence-corrected chi connectivity index (χ3v) is 3.90.